The Morgan fingerprint density at radius 3 is 2.48 bits per heavy atom. The number of carbonyl (C=O) groups is 3. The highest BCUT2D eigenvalue weighted by atomic mass is 35.5. The number of hydrogen-bond donors (Lipinski definition) is 2. The third-order valence-electron chi connectivity index (χ3n) is 3.99. The van der Waals surface area contributed by atoms with E-state index < -0.39 is 23.9 Å². The largest absolute Gasteiger partial charge is 0.486 e. The highest BCUT2D eigenvalue weighted by Gasteiger charge is 2.20. The number of fused-ring (bicyclic) bond motifs is 1. The third-order valence-corrected chi connectivity index (χ3v) is 4.24. The predicted molar refractivity (Wildman–Crippen MR) is 105 cm³/mol. The summed E-state index contributed by atoms with van der Waals surface area (Å²) < 4.78 is 15.9. The van der Waals surface area contributed by atoms with Gasteiger partial charge in [0.15, 0.2) is 17.6 Å². The molecule has 29 heavy (non-hydrogen) atoms. The van der Waals surface area contributed by atoms with Crippen LogP contribution >= 0.6 is 11.6 Å². The fraction of sp³-hybridized carbons (Fsp3) is 0.250. The summed E-state index contributed by atoms with van der Waals surface area (Å²) in [7, 11) is 0. The first-order valence-corrected chi connectivity index (χ1v) is 9.24. The van der Waals surface area contributed by atoms with Crippen LogP contribution in [-0.2, 0) is 14.3 Å². The van der Waals surface area contributed by atoms with Gasteiger partial charge in [0.25, 0.3) is 11.8 Å². The fourth-order valence-corrected chi connectivity index (χ4v) is 2.64. The molecule has 0 aliphatic carbocycles. The Kier molecular flexibility index (Phi) is 6.56. The number of anilines is 1. The van der Waals surface area contributed by atoms with Crippen LogP contribution in [0, 0.1) is 0 Å². The molecule has 0 saturated heterocycles. The number of halogens is 1. The molecule has 0 spiro atoms. The molecule has 0 aromatic heterocycles. The Morgan fingerprint density at radius 2 is 1.76 bits per heavy atom. The highest BCUT2D eigenvalue weighted by molar-refractivity contribution is 6.30. The zero-order valence-corrected chi connectivity index (χ0v) is 16.3. The Bertz CT molecular complexity index is 916. The molecule has 0 saturated carbocycles. The van der Waals surface area contributed by atoms with Gasteiger partial charge in [-0.2, -0.15) is 0 Å². The normalized spacial score (nSPS) is 13.2. The molecule has 152 valence electrons. The maximum atomic E-state index is 12.2. The quantitative estimate of drug-likeness (QED) is 0.698. The van der Waals surface area contributed by atoms with Gasteiger partial charge in [-0.15, -0.1) is 0 Å². The topological polar surface area (TPSA) is 103 Å². The molecule has 2 amide bonds. The van der Waals surface area contributed by atoms with Crippen molar-refractivity contribution < 1.29 is 28.6 Å². The molecule has 3 rings (SSSR count). The van der Waals surface area contributed by atoms with Crippen LogP contribution in [0.25, 0.3) is 0 Å². The van der Waals surface area contributed by atoms with Gasteiger partial charge in [-0.05, 0) is 43.3 Å². The molecule has 1 aliphatic rings. The van der Waals surface area contributed by atoms with Crippen LogP contribution in [0.1, 0.15) is 17.3 Å². The Morgan fingerprint density at radius 1 is 1.07 bits per heavy atom. The highest BCUT2D eigenvalue weighted by Crippen LogP contribution is 2.32. The molecular formula is C20H19ClN2O6. The second-order valence-corrected chi connectivity index (χ2v) is 6.61. The summed E-state index contributed by atoms with van der Waals surface area (Å²) in [6.45, 7) is 1.97. The first kappa shape index (κ1) is 20.5. The number of rotatable bonds is 6. The van der Waals surface area contributed by atoms with E-state index in [2.05, 4.69) is 10.6 Å². The number of nitrogens with one attached hydrogen (secondary N) is 2. The summed E-state index contributed by atoms with van der Waals surface area (Å²) in [4.78, 5) is 36.1. The number of carbonyl (C=O) groups excluding carboxylic acids is 3. The lowest BCUT2D eigenvalue weighted by Crippen LogP contribution is -2.35. The van der Waals surface area contributed by atoms with Crippen molar-refractivity contribution in [2.24, 2.45) is 0 Å². The van der Waals surface area contributed by atoms with Gasteiger partial charge in [-0.3, -0.25) is 14.4 Å². The number of ether oxygens (including phenoxy) is 3. The molecule has 8 nitrogen and oxygen atoms in total. The Hall–Kier alpha value is -3.26. The second kappa shape index (κ2) is 9.29. The van der Waals surface area contributed by atoms with Crippen LogP contribution in [0.5, 0.6) is 11.5 Å². The SMILES string of the molecule is C[C@@H](OC(=O)CNC(=O)c1ccc(Cl)cc1)C(=O)Nc1ccc2c(c1)OCCO2. The molecule has 2 aromatic carbocycles. The number of esters is 1. The van der Waals surface area contributed by atoms with Crippen molar-refractivity contribution in [2.45, 2.75) is 13.0 Å². The summed E-state index contributed by atoms with van der Waals surface area (Å²) in [5.74, 6) is -0.572. The maximum absolute atomic E-state index is 12.2. The minimum Gasteiger partial charge on any atom is -0.486 e. The molecule has 2 aromatic rings. The van der Waals surface area contributed by atoms with Gasteiger partial charge >= 0.3 is 5.97 Å². The van der Waals surface area contributed by atoms with Crippen LogP contribution < -0.4 is 20.1 Å². The summed E-state index contributed by atoms with van der Waals surface area (Å²) in [5, 5.41) is 5.57. The number of benzene rings is 2. The van der Waals surface area contributed by atoms with E-state index in [1.165, 1.54) is 19.1 Å². The Labute approximate surface area is 172 Å². The van der Waals surface area contributed by atoms with Gasteiger partial charge in [-0.25, -0.2) is 0 Å². The second-order valence-electron chi connectivity index (χ2n) is 6.17. The lowest BCUT2D eigenvalue weighted by molar-refractivity contribution is -0.152. The monoisotopic (exact) mass is 418 g/mol. The minimum atomic E-state index is -1.05. The predicted octanol–water partition coefficient (Wildman–Crippen LogP) is 2.41. The van der Waals surface area contributed by atoms with Crippen molar-refractivity contribution in [1.29, 1.82) is 0 Å². The molecule has 1 atom stereocenters. The van der Waals surface area contributed by atoms with E-state index in [0.29, 0.717) is 41.0 Å². The lowest BCUT2D eigenvalue weighted by atomic mass is 10.2. The average molecular weight is 419 g/mol. The Balaban J connectivity index is 1.47. The maximum Gasteiger partial charge on any atom is 0.326 e. The van der Waals surface area contributed by atoms with Crippen LogP contribution in [0.3, 0.4) is 0 Å². The molecule has 0 bridgehead atoms. The average Bonchev–Trinajstić information content (AvgIpc) is 2.72. The summed E-state index contributed by atoms with van der Waals surface area (Å²) in [5.41, 5.74) is 0.838. The summed E-state index contributed by atoms with van der Waals surface area (Å²) in [6.07, 6.45) is -1.05. The molecule has 1 heterocycles. The van der Waals surface area contributed by atoms with E-state index in [9.17, 15) is 14.4 Å². The van der Waals surface area contributed by atoms with E-state index >= 15 is 0 Å². The van der Waals surface area contributed by atoms with Crippen LogP contribution in [0.2, 0.25) is 5.02 Å². The van der Waals surface area contributed by atoms with Crippen LogP contribution in [0.4, 0.5) is 5.69 Å². The van der Waals surface area contributed by atoms with Crippen LogP contribution in [0.15, 0.2) is 42.5 Å². The van der Waals surface area contributed by atoms with E-state index in [1.807, 2.05) is 0 Å². The summed E-state index contributed by atoms with van der Waals surface area (Å²) >= 11 is 5.77. The smallest absolute Gasteiger partial charge is 0.326 e. The van der Waals surface area contributed by atoms with E-state index in [-0.39, 0.29) is 6.54 Å². The van der Waals surface area contributed by atoms with Crippen molar-refractivity contribution >= 4 is 35.1 Å². The van der Waals surface area contributed by atoms with E-state index in [4.69, 9.17) is 25.8 Å². The van der Waals surface area contributed by atoms with Gasteiger partial charge < -0.3 is 24.8 Å². The molecule has 0 unspecified atom stereocenters. The number of amides is 2. The van der Waals surface area contributed by atoms with Crippen molar-refractivity contribution in [2.75, 3.05) is 25.1 Å². The van der Waals surface area contributed by atoms with Gasteiger partial charge in [0.05, 0.1) is 0 Å². The lowest BCUT2D eigenvalue weighted by Gasteiger charge is -2.19. The molecule has 2 N–H and O–H groups in total. The van der Waals surface area contributed by atoms with Crippen molar-refractivity contribution in [3.8, 4) is 11.5 Å². The van der Waals surface area contributed by atoms with E-state index in [0.717, 1.165) is 0 Å². The summed E-state index contributed by atoms with van der Waals surface area (Å²) in [6, 6.07) is 11.2. The molecule has 1 aliphatic heterocycles. The first-order valence-electron chi connectivity index (χ1n) is 8.86. The first-order chi connectivity index (χ1) is 13.9. The standard InChI is InChI=1S/C20H19ClN2O6/c1-12(19(25)23-15-6-7-16-17(10-15)28-9-8-27-16)29-18(24)11-22-20(26)13-2-4-14(21)5-3-13/h2-7,10,12H,8-9,11H2,1H3,(H,22,26)(H,23,25)/t12-/m1/s1. The van der Waals surface area contributed by atoms with Gasteiger partial charge in [0, 0.05) is 22.3 Å². The zero-order chi connectivity index (χ0) is 20.8. The third kappa shape index (κ3) is 5.61. The number of hydrogen-bond acceptors (Lipinski definition) is 6. The fourth-order valence-electron chi connectivity index (χ4n) is 2.51. The van der Waals surface area contributed by atoms with Crippen molar-refractivity contribution in [3.05, 3.63) is 53.1 Å². The van der Waals surface area contributed by atoms with E-state index in [1.54, 1.807) is 30.3 Å². The van der Waals surface area contributed by atoms with Gasteiger partial charge in [-0.1, -0.05) is 11.6 Å². The molecule has 9 heteroatoms. The molecule has 0 fully saturated rings. The molecular weight excluding hydrogens is 400 g/mol. The van der Waals surface area contributed by atoms with Crippen molar-refractivity contribution in [3.63, 3.8) is 0 Å². The van der Waals surface area contributed by atoms with Crippen molar-refractivity contribution in [1.82, 2.24) is 5.32 Å². The molecule has 0 radical (unpaired) electrons. The van der Waals surface area contributed by atoms with Gasteiger partial charge in [0.1, 0.15) is 19.8 Å². The zero-order valence-electron chi connectivity index (χ0n) is 15.6. The van der Waals surface area contributed by atoms with Gasteiger partial charge in [0.2, 0.25) is 0 Å². The minimum absolute atomic E-state index is 0.353. The van der Waals surface area contributed by atoms with Crippen LogP contribution in [-0.4, -0.2) is 43.6 Å².